The van der Waals surface area contributed by atoms with Crippen LogP contribution in [0.4, 0.5) is 4.79 Å². The second-order valence-corrected chi connectivity index (χ2v) is 8.16. The third kappa shape index (κ3) is 5.15. The Morgan fingerprint density at radius 2 is 1.76 bits per heavy atom. The molecule has 1 heterocycles. The molecule has 0 unspecified atom stereocenters. The van der Waals surface area contributed by atoms with Gasteiger partial charge in [0.05, 0.1) is 18.6 Å². The summed E-state index contributed by atoms with van der Waals surface area (Å²) in [5, 5.41) is 9.67. The summed E-state index contributed by atoms with van der Waals surface area (Å²) < 4.78 is 11.1. The molecule has 1 aliphatic heterocycles. The lowest BCUT2D eigenvalue weighted by Crippen LogP contribution is -2.44. The number of nitrogens with zero attached hydrogens (tertiary/aromatic N) is 1. The largest absolute Gasteiger partial charge is 0.489 e. The van der Waals surface area contributed by atoms with Crippen LogP contribution in [0.1, 0.15) is 44.2 Å². The van der Waals surface area contributed by atoms with E-state index in [-0.39, 0.29) is 12.5 Å². The molecular weight excluding hydrogens is 370 g/mol. The number of amides is 2. The van der Waals surface area contributed by atoms with E-state index in [2.05, 4.69) is 0 Å². The highest BCUT2D eigenvalue weighted by Gasteiger charge is 2.45. The van der Waals surface area contributed by atoms with E-state index in [0.29, 0.717) is 18.8 Å². The second-order valence-electron chi connectivity index (χ2n) is 8.16. The molecule has 6 nitrogen and oxygen atoms in total. The van der Waals surface area contributed by atoms with E-state index in [9.17, 15) is 14.7 Å². The van der Waals surface area contributed by atoms with E-state index in [0.717, 1.165) is 16.0 Å². The minimum absolute atomic E-state index is 0.292. The summed E-state index contributed by atoms with van der Waals surface area (Å²) in [7, 11) is 0. The Kier molecular flexibility index (Phi) is 6.23. The first kappa shape index (κ1) is 20.9. The van der Waals surface area contributed by atoms with Gasteiger partial charge in [0, 0.05) is 0 Å². The first-order valence-corrected chi connectivity index (χ1v) is 9.72. The summed E-state index contributed by atoms with van der Waals surface area (Å²) in [5.74, 6) is -0.148. The van der Waals surface area contributed by atoms with Crippen LogP contribution >= 0.6 is 0 Å². The van der Waals surface area contributed by atoms with Crippen molar-refractivity contribution >= 4 is 12.0 Å². The molecule has 0 saturated carbocycles. The molecule has 3 rings (SSSR count). The van der Waals surface area contributed by atoms with E-state index >= 15 is 0 Å². The van der Waals surface area contributed by atoms with Gasteiger partial charge in [-0.1, -0.05) is 42.5 Å². The summed E-state index contributed by atoms with van der Waals surface area (Å²) in [6.45, 7) is 5.39. The van der Waals surface area contributed by atoms with Crippen LogP contribution in [0.15, 0.2) is 54.6 Å². The van der Waals surface area contributed by atoms with Gasteiger partial charge >= 0.3 is 6.09 Å². The number of rotatable bonds is 5. The number of carbonyl (C=O) groups is 2. The lowest BCUT2D eigenvalue weighted by Gasteiger charge is -2.26. The average molecular weight is 397 g/mol. The van der Waals surface area contributed by atoms with Crippen LogP contribution in [0, 0.1) is 0 Å². The fraction of sp³-hybridized carbons (Fsp3) is 0.391. The third-order valence-corrected chi connectivity index (χ3v) is 4.74. The molecule has 1 aliphatic rings. The van der Waals surface area contributed by atoms with Gasteiger partial charge in [0.15, 0.2) is 0 Å². The fourth-order valence-corrected chi connectivity index (χ4v) is 3.35. The summed E-state index contributed by atoms with van der Waals surface area (Å²) >= 11 is 0. The van der Waals surface area contributed by atoms with Gasteiger partial charge in [-0.2, -0.15) is 0 Å². The van der Waals surface area contributed by atoms with Crippen molar-refractivity contribution in [1.29, 1.82) is 0 Å². The lowest BCUT2D eigenvalue weighted by molar-refractivity contribution is -0.129. The molecule has 2 amide bonds. The Bertz CT molecular complexity index is 842. The number of carbonyl (C=O) groups excluding carboxylic acids is 2. The number of benzene rings is 2. The fourth-order valence-electron chi connectivity index (χ4n) is 3.35. The number of aliphatic hydroxyl groups is 1. The molecule has 6 heteroatoms. The summed E-state index contributed by atoms with van der Waals surface area (Å²) in [6.07, 6.45) is -0.356. The maximum absolute atomic E-state index is 12.9. The molecule has 0 bridgehead atoms. The van der Waals surface area contributed by atoms with Crippen molar-refractivity contribution in [2.75, 3.05) is 6.61 Å². The maximum atomic E-state index is 12.9. The van der Waals surface area contributed by atoms with Crippen molar-refractivity contribution < 1.29 is 24.2 Å². The quantitative estimate of drug-likeness (QED) is 0.829. The van der Waals surface area contributed by atoms with Gasteiger partial charge in [-0.15, -0.1) is 0 Å². The Hall–Kier alpha value is -2.86. The Labute approximate surface area is 171 Å². The second kappa shape index (κ2) is 8.66. The minimum Gasteiger partial charge on any atom is -0.489 e. The predicted molar refractivity (Wildman–Crippen MR) is 109 cm³/mol. The average Bonchev–Trinajstić information content (AvgIpc) is 3.03. The van der Waals surface area contributed by atoms with E-state index in [1.165, 1.54) is 0 Å². The molecule has 0 aromatic heterocycles. The highest BCUT2D eigenvalue weighted by molar-refractivity contribution is 5.98. The van der Waals surface area contributed by atoms with Crippen molar-refractivity contribution in [1.82, 2.24) is 4.90 Å². The van der Waals surface area contributed by atoms with Crippen LogP contribution in [0.5, 0.6) is 5.75 Å². The van der Waals surface area contributed by atoms with E-state index in [4.69, 9.17) is 9.47 Å². The zero-order valence-electron chi connectivity index (χ0n) is 17.0. The maximum Gasteiger partial charge on any atom is 0.417 e. The number of imide groups is 1. The molecule has 0 aliphatic carbocycles. The minimum atomic E-state index is -0.716. The number of hydrogen-bond acceptors (Lipinski definition) is 5. The molecule has 2 atom stereocenters. The van der Waals surface area contributed by atoms with Crippen LogP contribution in [-0.2, 0) is 16.1 Å². The van der Waals surface area contributed by atoms with Crippen molar-refractivity contribution in [3.63, 3.8) is 0 Å². The SMILES string of the molecule is CC(C)(C)OC(=O)N1C(=O)[C@H](c2ccc(OCc3ccccc3)cc2)C[C@@H]1CO. The summed E-state index contributed by atoms with van der Waals surface area (Å²) in [4.78, 5) is 26.4. The summed E-state index contributed by atoms with van der Waals surface area (Å²) in [5.41, 5.74) is 1.14. The standard InChI is InChI=1S/C23H27NO5/c1-23(2,3)29-22(27)24-18(14-25)13-20(21(24)26)17-9-11-19(12-10-17)28-15-16-7-5-4-6-8-16/h4-12,18,20,25H,13-15H2,1-3H3/t18-,20+/m1/s1. The number of aliphatic hydroxyl groups excluding tert-OH is 1. The van der Waals surface area contributed by atoms with Crippen molar-refractivity contribution in [3.05, 3.63) is 65.7 Å². The molecule has 154 valence electrons. The van der Waals surface area contributed by atoms with Gasteiger partial charge < -0.3 is 14.6 Å². The molecule has 29 heavy (non-hydrogen) atoms. The normalized spacial score (nSPS) is 19.3. The van der Waals surface area contributed by atoms with Gasteiger partial charge in [0.1, 0.15) is 18.0 Å². The number of likely N-dealkylation sites (tertiary alicyclic amines) is 1. The summed E-state index contributed by atoms with van der Waals surface area (Å²) in [6, 6.07) is 16.6. The van der Waals surface area contributed by atoms with Gasteiger partial charge in [-0.05, 0) is 50.5 Å². The monoisotopic (exact) mass is 397 g/mol. The van der Waals surface area contributed by atoms with E-state index < -0.39 is 23.7 Å². The molecule has 2 aromatic carbocycles. The Balaban J connectivity index is 1.68. The Morgan fingerprint density at radius 3 is 2.34 bits per heavy atom. The van der Waals surface area contributed by atoms with Gasteiger partial charge in [-0.3, -0.25) is 4.79 Å². The number of ether oxygens (including phenoxy) is 2. The Morgan fingerprint density at radius 1 is 1.10 bits per heavy atom. The first-order chi connectivity index (χ1) is 13.8. The lowest BCUT2D eigenvalue weighted by atomic mass is 9.96. The predicted octanol–water partition coefficient (Wildman–Crippen LogP) is 3.88. The smallest absolute Gasteiger partial charge is 0.417 e. The van der Waals surface area contributed by atoms with Gasteiger partial charge in [0.2, 0.25) is 5.91 Å². The highest BCUT2D eigenvalue weighted by atomic mass is 16.6. The topological polar surface area (TPSA) is 76.1 Å². The molecule has 0 radical (unpaired) electrons. The zero-order valence-corrected chi connectivity index (χ0v) is 17.0. The van der Waals surface area contributed by atoms with Crippen LogP contribution in [0.25, 0.3) is 0 Å². The van der Waals surface area contributed by atoms with Gasteiger partial charge in [-0.25, -0.2) is 9.69 Å². The first-order valence-electron chi connectivity index (χ1n) is 9.72. The highest BCUT2D eigenvalue weighted by Crippen LogP contribution is 2.34. The van der Waals surface area contributed by atoms with Crippen LogP contribution in [0.3, 0.4) is 0 Å². The van der Waals surface area contributed by atoms with E-state index in [1.807, 2.05) is 54.6 Å². The van der Waals surface area contributed by atoms with Crippen LogP contribution < -0.4 is 4.74 Å². The van der Waals surface area contributed by atoms with Crippen molar-refractivity contribution in [2.45, 2.75) is 51.4 Å². The van der Waals surface area contributed by atoms with Crippen LogP contribution in [0.2, 0.25) is 0 Å². The molecule has 0 spiro atoms. The molecule has 1 fully saturated rings. The van der Waals surface area contributed by atoms with Crippen molar-refractivity contribution in [3.8, 4) is 5.75 Å². The molecule has 1 N–H and O–H groups in total. The van der Waals surface area contributed by atoms with Crippen LogP contribution in [-0.4, -0.2) is 40.3 Å². The molecule has 1 saturated heterocycles. The third-order valence-electron chi connectivity index (χ3n) is 4.74. The number of hydrogen-bond donors (Lipinski definition) is 1. The molecule has 2 aromatic rings. The van der Waals surface area contributed by atoms with Gasteiger partial charge in [0.25, 0.3) is 0 Å². The molecular formula is C23H27NO5. The zero-order chi connectivity index (χ0) is 21.0. The van der Waals surface area contributed by atoms with E-state index in [1.54, 1.807) is 20.8 Å². The van der Waals surface area contributed by atoms with Crippen molar-refractivity contribution in [2.24, 2.45) is 0 Å².